The minimum Gasteiger partial charge on any atom is -0.304 e. The van der Waals surface area contributed by atoms with E-state index in [2.05, 4.69) is 218 Å². The van der Waals surface area contributed by atoms with Crippen LogP contribution < -0.4 is 0 Å². The Hall–Kier alpha value is -9.71. The van der Waals surface area contributed by atoms with E-state index in [4.69, 9.17) is 20.1 Å². The first kappa shape index (κ1) is 48.9. The summed E-state index contributed by atoms with van der Waals surface area (Å²) in [4.78, 5) is 15.4. The second kappa shape index (κ2) is 21.0. The van der Waals surface area contributed by atoms with E-state index < -0.39 is 0 Å². The number of benzene rings is 9. The van der Waals surface area contributed by atoms with Crippen LogP contribution >= 0.6 is 0 Å². The SMILES string of the molecule is Cc1cc[c-]c2c3ncc(-c4ccccc4-c4cc(-c5ccccc5-c5ccc(-c6[c-]cccc6)nc5)cc(-c5ccccc5-c5ccc(-c6[c-]cccc6)nc5)c4)c(-c4ccc(-c5ccccc5)cc4)c3c3ccnn3c12.[Ir+3]. The standard InChI is InChI=1S/C73H46N5.Ir/c1-48-18-17-31-65-72-71(69-40-41-77-78(69)73(48)65)70(53-34-32-50(33-35-53)49-19-5-2-6-20-49)66(47-76-72)64-30-16-15-29-63(64)58-43-56(61-27-13-11-25-59(61)54-36-38-67(74-45-54)51-21-7-3-8-22-51)42-57(44-58)62-28-14-12-26-60(62)55-37-39-68(75-46-55)52-23-9-4-10-24-52;/h2-21,23,25-30,32-47H,1H3;/q-3;+3. The molecule has 9 aromatic carbocycles. The maximum absolute atomic E-state index is 5.43. The second-order valence-corrected chi connectivity index (χ2v) is 19.6. The summed E-state index contributed by atoms with van der Waals surface area (Å²) in [6.07, 6.45) is 7.93. The molecule has 0 fully saturated rings. The maximum Gasteiger partial charge on any atom is 3.00 e. The smallest absolute Gasteiger partial charge is 0.304 e. The normalized spacial score (nSPS) is 11.3. The van der Waals surface area contributed by atoms with Crippen LogP contribution in [0, 0.1) is 25.1 Å². The third kappa shape index (κ3) is 9.03. The van der Waals surface area contributed by atoms with Gasteiger partial charge in [0.15, 0.2) is 0 Å². The van der Waals surface area contributed by atoms with Gasteiger partial charge in [0.2, 0.25) is 0 Å². The molecule has 0 amide bonds. The zero-order valence-corrected chi connectivity index (χ0v) is 45.3. The van der Waals surface area contributed by atoms with Gasteiger partial charge in [-0.05, 0) is 130 Å². The second-order valence-electron chi connectivity index (χ2n) is 19.6. The van der Waals surface area contributed by atoms with Crippen LogP contribution in [0.1, 0.15) is 5.56 Å². The van der Waals surface area contributed by atoms with E-state index in [0.29, 0.717) is 0 Å². The van der Waals surface area contributed by atoms with E-state index in [1.165, 1.54) is 5.56 Å². The van der Waals surface area contributed by atoms with Crippen molar-refractivity contribution in [3.8, 4) is 112 Å². The number of hydrogen-bond donors (Lipinski definition) is 0. The first-order valence-corrected chi connectivity index (χ1v) is 26.2. The Morgan fingerprint density at radius 1 is 0.367 bits per heavy atom. The van der Waals surface area contributed by atoms with Crippen LogP contribution in [-0.4, -0.2) is 24.6 Å². The third-order valence-electron chi connectivity index (χ3n) is 14.9. The van der Waals surface area contributed by atoms with E-state index in [1.54, 1.807) is 0 Å². The molecule has 0 spiro atoms. The van der Waals surface area contributed by atoms with E-state index in [9.17, 15) is 0 Å². The van der Waals surface area contributed by atoms with Crippen LogP contribution in [0.2, 0.25) is 0 Å². The largest absolute Gasteiger partial charge is 3.00 e. The van der Waals surface area contributed by atoms with Gasteiger partial charge in [-0.2, -0.15) is 5.10 Å². The number of rotatable bonds is 10. The van der Waals surface area contributed by atoms with Crippen molar-refractivity contribution < 1.29 is 20.1 Å². The minimum atomic E-state index is 0. The van der Waals surface area contributed by atoms with Gasteiger partial charge < -0.3 is 15.0 Å². The number of aryl methyl sites for hydroxylation is 1. The van der Waals surface area contributed by atoms with Gasteiger partial charge in [-0.1, -0.05) is 164 Å². The molecule has 79 heavy (non-hydrogen) atoms. The Bertz CT molecular complexity index is 4370. The van der Waals surface area contributed by atoms with Crippen molar-refractivity contribution in [3.63, 3.8) is 0 Å². The Balaban J connectivity index is 0.00000591. The summed E-state index contributed by atoms with van der Waals surface area (Å²) in [5.74, 6) is 0. The molecule has 0 saturated heterocycles. The quantitative estimate of drug-likeness (QED) is 0.101. The van der Waals surface area contributed by atoms with Gasteiger partial charge in [0.05, 0.1) is 5.52 Å². The number of pyridine rings is 4. The molecule has 14 rings (SSSR count). The van der Waals surface area contributed by atoms with Crippen LogP contribution in [0.4, 0.5) is 0 Å². The Labute approximate surface area is 472 Å². The van der Waals surface area contributed by atoms with Crippen LogP contribution in [0.15, 0.2) is 261 Å². The molecule has 372 valence electrons. The summed E-state index contributed by atoms with van der Waals surface area (Å²) < 4.78 is 2.07. The molecule has 5 heterocycles. The molecule has 0 atom stereocenters. The van der Waals surface area contributed by atoms with Crippen LogP contribution in [0.5, 0.6) is 0 Å². The first-order valence-electron chi connectivity index (χ1n) is 26.2. The van der Waals surface area contributed by atoms with Gasteiger partial charge in [-0.25, -0.2) is 0 Å². The molecule has 0 saturated carbocycles. The molecular weight excluding hydrogens is 1140 g/mol. The number of fused-ring (bicyclic) bond motifs is 6. The molecule has 6 heteroatoms. The van der Waals surface area contributed by atoms with Crippen LogP contribution in [0.3, 0.4) is 0 Å². The van der Waals surface area contributed by atoms with Gasteiger partial charge in [0.25, 0.3) is 0 Å². The molecule has 0 radical (unpaired) electrons. The summed E-state index contributed by atoms with van der Waals surface area (Å²) in [5, 5.41) is 6.90. The van der Waals surface area contributed by atoms with E-state index in [0.717, 1.165) is 139 Å². The third-order valence-corrected chi connectivity index (χ3v) is 14.9. The van der Waals surface area contributed by atoms with Crippen molar-refractivity contribution in [1.82, 2.24) is 24.6 Å². The minimum absolute atomic E-state index is 0. The van der Waals surface area contributed by atoms with E-state index in [1.807, 2.05) is 73.2 Å². The predicted molar refractivity (Wildman–Crippen MR) is 319 cm³/mol. The van der Waals surface area contributed by atoms with Crippen LogP contribution in [-0.2, 0) is 20.1 Å². The molecule has 0 bridgehead atoms. The van der Waals surface area contributed by atoms with Gasteiger partial charge in [0, 0.05) is 35.9 Å². The average Bonchev–Trinajstić information content (AvgIpc) is 4.04. The van der Waals surface area contributed by atoms with Crippen molar-refractivity contribution in [2.75, 3.05) is 0 Å². The first-order chi connectivity index (χ1) is 38.6. The summed E-state index contributed by atoms with van der Waals surface area (Å²) in [6.45, 7) is 2.13. The fourth-order valence-corrected chi connectivity index (χ4v) is 11.2. The van der Waals surface area contributed by atoms with Crippen molar-refractivity contribution in [2.24, 2.45) is 0 Å². The summed E-state index contributed by atoms with van der Waals surface area (Å²) in [5.41, 5.74) is 24.9. The zero-order chi connectivity index (χ0) is 51.9. The van der Waals surface area contributed by atoms with Gasteiger partial charge in [-0.3, -0.25) is 4.52 Å². The van der Waals surface area contributed by atoms with Crippen LogP contribution in [0.25, 0.3) is 139 Å². The molecular formula is C73H46IrN5. The van der Waals surface area contributed by atoms with Gasteiger partial charge in [0.1, 0.15) is 0 Å². The van der Waals surface area contributed by atoms with Crippen molar-refractivity contribution in [1.29, 1.82) is 0 Å². The van der Waals surface area contributed by atoms with E-state index >= 15 is 0 Å². The topological polar surface area (TPSA) is 56.0 Å². The summed E-state index contributed by atoms with van der Waals surface area (Å²) in [6, 6.07) is 93.6. The number of aromatic nitrogens is 5. The average molecular weight is 1190 g/mol. The van der Waals surface area contributed by atoms with Gasteiger partial charge in [-0.15, -0.1) is 95.6 Å². The predicted octanol–water partition coefficient (Wildman–Crippen LogP) is 18.2. The molecule has 0 aliphatic heterocycles. The zero-order valence-electron chi connectivity index (χ0n) is 42.9. The molecule has 5 aromatic heterocycles. The molecule has 0 unspecified atom stereocenters. The Morgan fingerprint density at radius 3 is 1.38 bits per heavy atom. The summed E-state index contributed by atoms with van der Waals surface area (Å²) >= 11 is 0. The fourth-order valence-electron chi connectivity index (χ4n) is 11.2. The molecule has 0 aliphatic carbocycles. The fraction of sp³-hybridized carbons (Fsp3) is 0.0137. The molecule has 14 aromatic rings. The Kier molecular flexibility index (Phi) is 13.0. The molecule has 5 nitrogen and oxygen atoms in total. The maximum atomic E-state index is 5.43. The van der Waals surface area contributed by atoms with Crippen molar-refractivity contribution in [3.05, 3.63) is 285 Å². The van der Waals surface area contributed by atoms with Gasteiger partial charge >= 0.3 is 20.1 Å². The number of nitrogens with zero attached hydrogens (tertiary/aromatic N) is 5. The number of hydrogen-bond acceptors (Lipinski definition) is 4. The van der Waals surface area contributed by atoms with Crippen molar-refractivity contribution in [2.45, 2.75) is 6.92 Å². The van der Waals surface area contributed by atoms with Crippen molar-refractivity contribution >= 4 is 27.3 Å². The molecule has 0 N–H and O–H groups in total. The molecule has 0 aliphatic rings. The monoisotopic (exact) mass is 1190 g/mol. The summed E-state index contributed by atoms with van der Waals surface area (Å²) in [7, 11) is 0. The van der Waals surface area contributed by atoms with E-state index in [-0.39, 0.29) is 20.1 Å². The Morgan fingerprint density at radius 2 is 0.848 bits per heavy atom.